The van der Waals surface area contributed by atoms with Gasteiger partial charge in [-0.3, -0.25) is 0 Å². The Morgan fingerprint density at radius 1 is 0.920 bits per heavy atom. The minimum absolute atomic E-state index is 0.717. The smallest absolute Gasteiger partial charge is 0.0997 e. The first kappa shape index (κ1) is 15.4. The van der Waals surface area contributed by atoms with Crippen LogP contribution in [0.1, 0.15) is 35.1 Å². The number of allylic oxidation sites excluding steroid dienone is 7. The van der Waals surface area contributed by atoms with Crippen molar-refractivity contribution in [1.29, 1.82) is 5.26 Å². The van der Waals surface area contributed by atoms with Crippen LogP contribution in [-0.4, -0.2) is 0 Å². The second-order valence-electron chi connectivity index (χ2n) is 6.42. The molecule has 0 saturated heterocycles. The summed E-state index contributed by atoms with van der Waals surface area (Å²) < 4.78 is 0. The lowest BCUT2D eigenvalue weighted by atomic mass is 9.90. The minimum atomic E-state index is 0.717. The fourth-order valence-electron chi connectivity index (χ4n) is 3.65. The average Bonchev–Trinajstić information content (AvgIpc) is 2.97. The fourth-order valence-corrected chi connectivity index (χ4v) is 3.65. The van der Waals surface area contributed by atoms with Crippen LogP contribution in [-0.2, 0) is 6.42 Å². The molecule has 1 nitrogen and oxygen atoms in total. The SMILES string of the molecule is N#Cc1ccccc1/C=C1/C2=C(CC=CC=C2)CCc2ccccc21. The Balaban J connectivity index is 1.97. The van der Waals surface area contributed by atoms with Gasteiger partial charge in [0.1, 0.15) is 0 Å². The third kappa shape index (κ3) is 2.99. The van der Waals surface area contributed by atoms with Crippen LogP contribution in [0.2, 0.25) is 0 Å². The molecule has 0 bridgehead atoms. The summed E-state index contributed by atoms with van der Waals surface area (Å²) in [4.78, 5) is 0. The molecule has 4 rings (SSSR count). The maximum atomic E-state index is 9.46. The van der Waals surface area contributed by atoms with Crippen molar-refractivity contribution in [2.75, 3.05) is 0 Å². The molecule has 2 aromatic carbocycles. The maximum Gasteiger partial charge on any atom is 0.0997 e. The van der Waals surface area contributed by atoms with E-state index in [1.807, 2.05) is 24.3 Å². The minimum Gasteiger partial charge on any atom is -0.192 e. The van der Waals surface area contributed by atoms with Crippen LogP contribution in [0.4, 0.5) is 0 Å². The lowest BCUT2D eigenvalue weighted by molar-refractivity contribution is 0.913. The summed E-state index contributed by atoms with van der Waals surface area (Å²) in [5.41, 5.74) is 8.37. The third-order valence-electron chi connectivity index (χ3n) is 4.93. The van der Waals surface area contributed by atoms with E-state index in [2.05, 4.69) is 60.7 Å². The zero-order chi connectivity index (χ0) is 17.1. The molecule has 0 aromatic heterocycles. The van der Waals surface area contributed by atoms with Gasteiger partial charge in [-0.25, -0.2) is 0 Å². The van der Waals surface area contributed by atoms with Gasteiger partial charge in [-0.05, 0) is 59.2 Å². The summed E-state index contributed by atoms with van der Waals surface area (Å²) in [7, 11) is 0. The topological polar surface area (TPSA) is 23.8 Å². The molecule has 0 radical (unpaired) electrons. The predicted octanol–water partition coefficient (Wildman–Crippen LogP) is 5.86. The predicted molar refractivity (Wildman–Crippen MR) is 104 cm³/mol. The molecule has 0 heterocycles. The largest absolute Gasteiger partial charge is 0.192 e. The lowest BCUT2D eigenvalue weighted by Crippen LogP contribution is -1.93. The fraction of sp³-hybridized carbons (Fsp3) is 0.125. The maximum absolute atomic E-state index is 9.46. The molecule has 0 unspecified atom stereocenters. The Morgan fingerprint density at radius 3 is 2.68 bits per heavy atom. The molecule has 2 aliphatic carbocycles. The summed E-state index contributed by atoms with van der Waals surface area (Å²) in [6.07, 6.45) is 14.0. The highest BCUT2D eigenvalue weighted by Crippen LogP contribution is 2.38. The van der Waals surface area contributed by atoms with Crippen LogP contribution >= 0.6 is 0 Å². The van der Waals surface area contributed by atoms with Gasteiger partial charge < -0.3 is 0 Å². The average molecular weight is 321 g/mol. The van der Waals surface area contributed by atoms with Crippen LogP contribution < -0.4 is 0 Å². The van der Waals surface area contributed by atoms with Crippen molar-refractivity contribution >= 4 is 11.6 Å². The lowest BCUT2D eigenvalue weighted by Gasteiger charge is -2.13. The van der Waals surface area contributed by atoms with E-state index in [1.165, 1.54) is 27.8 Å². The molecule has 1 heteroatoms. The molecule has 0 fully saturated rings. The third-order valence-corrected chi connectivity index (χ3v) is 4.93. The van der Waals surface area contributed by atoms with Crippen molar-refractivity contribution in [3.05, 3.63) is 106 Å². The van der Waals surface area contributed by atoms with E-state index in [1.54, 1.807) is 0 Å². The van der Waals surface area contributed by atoms with Crippen LogP contribution in [0, 0.1) is 11.3 Å². The first-order valence-electron chi connectivity index (χ1n) is 8.71. The number of nitriles is 1. The van der Waals surface area contributed by atoms with Crippen molar-refractivity contribution < 1.29 is 0 Å². The number of nitrogens with zero attached hydrogens (tertiary/aromatic N) is 1. The van der Waals surface area contributed by atoms with Gasteiger partial charge in [-0.15, -0.1) is 0 Å². The quantitative estimate of drug-likeness (QED) is 0.645. The molecule has 2 aliphatic rings. The normalized spacial score (nSPS) is 17.5. The van der Waals surface area contributed by atoms with E-state index >= 15 is 0 Å². The molecule has 25 heavy (non-hydrogen) atoms. The van der Waals surface area contributed by atoms with Crippen molar-refractivity contribution in [3.8, 4) is 6.07 Å². The number of aryl methyl sites for hydroxylation is 1. The molecular formula is C24H19N. The first-order chi connectivity index (χ1) is 12.4. The Kier molecular flexibility index (Phi) is 4.19. The number of benzene rings is 2. The van der Waals surface area contributed by atoms with Crippen LogP contribution in [0.5, 0.6) is 0 Å². The molecule has 0 saturated carbocycles. The second-order valence-corrected chi connectivity index (χ2v) is 6.42. The highest BCUT2D eigenvalue weighted by molar-refractivity contribution is 5.95. The number of hydrogen-bond donors (Lipinski definition) is 0. The van der Waals surface area contributed by atoms with E-state index in [0.29, 0.717) is 0 Å². The zero-order valence-corrected chi connectivity index (χ0v) is 14.1. The summed E-state index contributed by atoms with van der Waals surface area (Å²) in [6.45, 7) is 0. The van der Waals surface area contributed by atoms with Gasteiger partial charge >= 0.3 is 0 Å². The molecular weight excluding hydrogens is 302 g/mol. The molecule has 0 N–H and O–H groups in total. The Bertz CT molecular complexity index is 977. The molecule has 0 amide bonds. The van der Waals surface area contributed by atoms with Crippen molar-refractivity contribution in [2.45, 2.75) is 19.3 Å². The molecule has 0 aliphatic heterocycles. The summed E-state index contributed by atoms with van der Waals surface area (Å²) in [5.74, 6) is 0. The number of hydrogen-bond acceptors (Lipinski definition) is 1. The van der Waals surface area contributed by atoms with E-state index in [-0.39, 0.29) is 0 Å². The second kappa shape index (κ2) is 6.79. The van der Waals surface area contributed by atoms with Crippen LogP contribution in [0.25, 0.3) is 11.6 Å². The van der Waals surface area contributed by atoms with Gasteiger partial charge in [0.05, 0.1) is 11.6 Å². The highest BCUT2D eigenvalue weighted by Gasteiger charge is 2.19. The molecule has 0 atom stereocenters. The number of fused-ring (bicyclic) bond motifs is 1. The van der Waals surface area contributed by atoms with Gasteiger partial charge in [0.2, 0.25) is 0 Å². The Labute approximate surface area is 148 Å². The molecule has 2 aromatic rings. The first-order valence-corrected chi connectivity index (χ1v) is 8.71. The van der Waals surface area contributed by atoms with Crippen LogP contribution in [0.3, 0.4) is 0 Å². The van der Waals surface area contributed by atoms with Crippen molar-refractivity contribution in [3.63, 3.8) is 0 Å². The Hall–Kier alpha value is -3.11. The summed E-state index contributed by atoms with van der Waals surface area (Å²) >= 11 is 0. The van der Waals surface area contributed by atoms with Crippen molar-refractivity contribution in [2.24, 2.45) is 0 Å². The zero-order valence-electron chi connectivity index (χ0n) is 14.1. The highest BCUT2D eigenvalue weighted by atomic mass is 14.3. The van der Waals surface area contributed by atoms with Gasteiger partial charge in [0, 0.05) is 0 Å². The molecule has 120 valence electrons. The summed E-state index contributed by atoms with van der Waals surface area (Å²) in [6, 6.07) is 18.8. The monoisotopic (exact) mass is 321 g/mol. The van der Waals surface area contributed by atoms with Gasteiger partial charge in [0.25, 0.3) is 0 Å². The van der Waals surface area contributed by atoms with Gasteiger partial charge in [-0.2, -0.15) is 5.26 Å². The molecule has 0 spiro atoms. The van der Waals surface area contributed by atoms with E-state index in [9.17, 15) is 5.26 Å². The van der Waals surface area contributed by atoms with Crippen LogP contribution in [0.15, 0.2) is 84.0 Å². The van der Waals surface area contributed by atoms with Gasteiger partial charge in [-0.1, -0.05) is 72.3 Å². The van der Waals surface area contributed by atoms with E-state index < -0.39 is 0 Å². The van der Waals surface area contributed by atoms with Gasteiger partial charge in [0.15, 0.2) is 0 Å². The summed E-state index contributed by atoms with van der Waals surface area (Å²) in [5, 5.41) is 9.46. The Morgan fingerprint density at radius 2 is 1.76 bits per heavy atom. The van der Waals surface area contributed by atoms with E-state index in [0.717, 1.165) is 30.4 Å². The van der Waals surface area contributed by atoms with Crippen molar-refractivity contribution in [1.82, 2.24) is 0 Å². The van der Waals surface area contributed by atoms with E-state index in [4.69, 9.17) is 0 Å². The standard InChI is InChI=1S/C24H19N/c25-17-21-11-5-4-10-20(21)16-24-22-12-3-1-2-8-18(22)14-15-19-9-6-7-13-23(19)24/h1-7,9-13,16H,8,14-15H2/b24-16-. The number of rotatable bonds is 1.